The van der Waals surface area contributed by atoms with E-state index < -0.39 is 0 Å². The van der Waals surface area contributed by atoms with Crippen molar-refractivity contribution < 1.29 is 0 Å². The molecule has 15 heavy (non-hydrogen) atoms. The maximum absolute atomic E-state index is 4.20. The summed E-state index contributed by atoms with van der Waals surface area (Å²) >= 11 is 0. The smallest absolute Gasteiger partial charge is 0.0899 e. The average molecular weight is 198 g/mol. The van der Waals surface area contributed by atoms with Crippen molar-refractivity contribution >= 4 is 6.01 Å². The molecule has 76 valence electrons. The first-order valence-corrected chi connectivity index (χ1v) is 5.65. The number of fused-ring (bicyclic) bond motifs is 3. The molecular weight excluding hydrogens is 184 g/mol. The number of hydrogen-bond donors (Lipinski definition) is 0. The van der Waals surface area contributed by atoms with Gasteiger partial charge < -0.3 is 0 Å². The van der Waals surface area contributed by atoms with Crippen LogP contribution in [0.1, 0.15) is 35.1 Å². The lowest BCUT2D eigenvalue weighted by molar-refractivity contribution is 0.676. The minimum Gasteiger partial charge on any atom is -0.221 e. The molecule has 1 aromatic carbocycles. The fourth-order valence-corrected chi connectivity index (χ4v) is 2.58. The Morgan fingerprint density at radius 3 is 2.67 bits per heavy atom. The summed E-state index contributed by atoms with van der Waals surface area (Å²) in [6, 6.07) is 7.26. The maximum atomic E-state index is 4.20. The number of hydrogen-bond acceptors (Lipinski definition) is 2. The van der Waals surface area contributed by atoms with Crippen molar-refractivity contribution in [1.82, 2.24) is 0 Å². The van der Waals surface area contributed by atoms with Crippen molar-refractivity contribution in [3.05, 3.63) is 34.4 Å². The molecule has 1 heterocycles. The third kappa shape index (κ3) is 1.51. The van der Waals surface area contributed by atoms with Gasteiger partial charge >= 0.3 is 0 Å². The largest absolute Gasteiger partial charge is 0.221 e. The molecule has 3 rings (SSSR count). The molecular formula is C13H14N2. The minimum atomic E-state index is 0.756. The van der Waals surface area contributed by atoms with Crippen LogP contribution >= 0.6 is 0 Å². The molecule has 2 heteroatoms. The van der Waals surface area contributed by atoms with Crippen LogP contribution in [0.4, 0.5) is 0 Å². The molecule has 0 unspecified atom stereocenters. The normalized spacial score (nSPS) is 18.1. The second-order valence-corrected chi connectivity index (χ2v) is 4.28. The second-order valence-electron chi connectivity index (χ2n) is 4.28. The molecule has 0 saturated heterocycles. The zero-order chi connectivity index (χ0) is 10.1. The van der Waals surface area contributed by atoms with Gasteiger partial charge in [0.2, 0.25) is 0 Å². The van der Waals surface area contributed by atoms with Gasteiger partial charge in [0.1, 0.15) is 0 Å². The van der Waals surface area contributed by atoms with Crippen molar-refractivity contribution in [3.63, 3.8) is 0 Å². The standard InChI is InChI=1S/C13H14N2/c1-2-4-12-10(3-1)5-6-11-7-14-9-15-8-13(11)12/h5-6H,1-4,7-8H2. The first-order valence-electron chi connectivity index (χ1n) is 5.65. The summed E-state index contributed by atoms with van der Waals surface area (Å²) in [6.07, 6.45) is 5.14. The van der Waals surface area contributed by atoms with Gasteiger partial charge in [0.05, 0.1) is 19.1 Å². The van der Waals surface area contributed by atoms with Gasteiger partial charge in [-0.05, 0) is 47.9 Å². The molecule has 0 radical (unpaired) electrons. The van der Waals surface area contributed by atoms with E-state index in [9.17, 15) is 0 Å². The SMILES string of the molecule is C1=NCc2ccc3c(c2CN=1)CCCC3. The van der Waals surface area contributed by atoms with E-state index in [4.69, 9.17) is 0 Å². The predicted octanol–water partition coefficient (Wildman–Crippen LogP) is 2.75. The van der Waals surface area contributed by atoms with Crippen LogP contribution in [0.15, 0.2) is 22.1 Å². The highest BCUT2D eigenvalue weighted by Crippen LogP contribution is 2.28. The average Bonchev–Trinajstić information content (AvgIpc) is 2.54. The molecule has 0 bridgehead atoms. The molecule has 0 amide bonds. The van der Waals surface area contributed by atoms with Crippen molar-refractivity contribution in [2.45, 2.75) is 38.8 Å². The Morgan fingerprint density at radius 2 is 1.67 bits per heavy atom. The van der Waals surface area contributed by atoms with Gasteiger partial charge in [0.25, 0.3) is 0 Å². The van der Waals surface area contributed by atoms with E-state index in [-0.39, 0.29) is 0 Å². The van der Waals surface area contributed by atoms with E-state index >= 15 is 0 Å². The molecule has 0 saturated carbocycles. The van der Waals surface area contributed by atoms with Crippen molar-refractivity contribution in [2.24, 2.45) is 9.98 Å². The Hall–Kier alpha value is -1.40. The molecule has 2 aliphatic rings. The summed E-state index contributed by atoms with van der Waals surface area (Å²) < 4.78 is 0. The number of aryl methyl sites for hydroxylation is 1. The molecule has 0 atom stereocenters. The summed E-state index contributed by atoms with van der Waals surface area (Å²) in [7, 11) is 0. The number of aliphatic imine (C=N–C) groups is 2. The summed E-state index contributed by atoms with van der Waals surface area (Å²) in [5, 5.41) is 0. The fourth-order valence-electron chi connectivity index (χ4n) is 2.58. The quantitative estimate of drug-likeness (QED) is 0.612. The Morgan fingerprint density at radius 1 is 0.867 bits per heavy atom. The van der Waals surface area contributed by atoms with E-state index in [1.807, 2.05) is 0 Å². The zero-order valence-electron chi connectivity index (χ0n) is 8.79. The summed E-state index contributed by atoms with van der Waals surface area (Å²) in [5.41, 5.74) is 5.88. The van der Waals surface area contributed by atoms with E-state index in [0.717, 1.165) is 13.1 Å². The van der Waals surface area contributed by atoms with Crippen molar-refractivity contribution in [1.29, 1.82) is 0 Å². The third-order valence-corrected chi connectivity index (χ3v) is 3.38. The van der Waals surface area contributed by atoms with Crippen LogP contribution in [0, 0.1) is 0 Å². The second kappa shape index (κ2) is 3.63. The molecule has 2 nitrogen and oxygen atoms in total. The Bertz CT molecular complexity index is 454. The van der Waals surface area contributed by atoms with Gasteiger partial charge in [-0.15, -0.1) is 0 Å². The lowest BCUT2D eigenvalue weighted by Gasteiger charge is -2.20. The first-order chi connectivity index (χ1) is 7.45. The molecule has 0 aromatic heterocycles. The van der Waals surface area contributed by atoms with Gasteiger partial charge in [-0.3, -0.25) is 0 Å². The van der Waals surface area contributed by atoms with Crippen molar-refractivity contribution in [3.8, 4) is 0 Å². The van der Waals surface area contributed by atoms with Gasteiger partial charge in [-0.25, -0.2) is 9.98 Å². The molecule has 0 spiro atoms. The van der Waals surface area contributed by atoms with E-state index in [0.29, 0.717) is 0 Å². The van der Waals surface area contributed by atoms with Crippen LogP contribution in [0.3, 0.4) is 0 Å². The first kappa shape index (κ1) is 8.87. The summed E-state index contributed by atoms with van der Waals surface area (Å²) in [4.78, 5) is 8.35. The molecule has 0 N–H and O–H groups in total. The predicted molar refractivity (Wildman–Crippen MR) is 60.4 cm³/mol. The van der Waals surface area contributed by atoms with Crippen LogP contribution < -0.4 is 0 Å². The topological polar surface area (TPSA) is 24.7 Å². The number of benzene rings is 1. The fraction of sp³-hybridized carbons (Fsp3) is 0.462. The zero-order valence-corrected chi connectivity index (χ0v) is 8.79. The number of rotatable bonds is 0. The Kier molecular flexibility index (Phi) is 2.15. The highest BCUT2D eigenvalue weighted by Gasteiger charge is 2.16. The van der Waals surface area contributed by atoms with Gasteiger partial charge in [-0.2, -0.15) is 0 Å². The van der Waals surface area contributed by atoms with E-state index in [2.05, 4.69) is 28.1 Å². The third-order valence-electron chi connectivity index (χ3n) is 3.38. The summed E-state index contributed by atoms with van der Waals surface area (Å²) in [6.45, 7) is 1.54. The minimum absolute atomic E-state index is 0.756. The Labute approximate surface area is 89.8 Å². The molecule has 1 aliphatic heterocycles. The Balaban J connectivity index is 2.14. The lowest BCUT2D eigenvalue weighted by atomic mass is 9.86. The van der Waals surface area contributed by atoms with Gasteiger partial charge in [-0.1, -0.05) is 12.1 Å². The van der Waals surface area contributed by atoms with Gasteiger partial charge in [0, 0.05) is 0 Å². The van der Waals surface area contributed by atoms with Crippen molar-refractivity contribution in [2.75, 3.05) is 0 Å². The van der Waals surface area contributed by atoms with Crippen LogP contribution in [0.5, 0.6) is 0 Å². The van der Waals surface area contributed by atoms with E-state index in [1.165, 1.54) is 42.4 Å². The monoisotopic (exact) mass is 198 g/mol. The van der Waals surface area contributed by atoms with Crippen LogP contribution in [0.2, 0.25) is 0 Å². The molecule has 1 aliphatic carbocycles. The molecule has 0 fully saturated rings. The molecule has 1 aromatic rings. The van der Waals surface area contributed by atoms with Gasteiger partial charge in [0.15, 0.2) is 0 Å². The van der Waals surface area contributed by atoms with Crippen LogP contribution in [-0.4, -0.2) is 6.01 Å². The lowest BCUT2D eigenvalue weighted by Crippen LogP contribution is -2.08. The highest BCUT2D eigenvalue weighted by molar-refractivity contribution is 5.48. The van der Waals surface area contributed by atoms with Crippen LogP contribution in [0.25, 0.3) is 0 Å². The number of nitrogens with zero attached hydrogens (tertiary/aromatic N) is 2. The maximum Gasteiger partial charge on any atom is 0.0899 e. The van der Waals surface area contributed by atoms with Crippen LogP contribution in [-0.2, 0) is 25.9 Å². The summed E-state index contributed by atoms with van der Waals surface area (Å²) in [5.74, 6) is 0. The van der Waals surface area contributed by atoms with E-state index in [1.54, 1.807) is 5.56 Å². The highest BCUT2D eigenvalue weighted by atomic mass is 14.8.